The van der Waals surface area contributed by atoms with Crippen molar-refractivity contribution < 1.29 is 0 Å². The molecule has 4 heteroatoms. The summed E-state index contributed by atoms with van der Waals surface area (Å²) in [7, 11) is 0. The molecule has 0 fully saturated rings. The van der Waals surface area contributed by atoms with Crippen LogP contribution < -0.4 is 5.32 Å². The number of benzene rings is 1. The first-order valence-corrected chi connectivity index (χ1v) is 8.43. The van der Waals surface area contributed by atoms with Gasteiger partial charge < -0.3 is 5.32 Å². The van der Waals surface area contributed by atoms with Crippen LogP contribution in [0.4, 0.5) is 5.69 Å². The summed E-state index contributed by atoms with van der Waals surface area (Å²) in [4.78, 5) is 9.05. The first kappa shape index (κ1) is 14.5. The minimum atomic E-state index is 0.750. The van der Waals surface area contributed by atoms with Gasteiger partial charge in [-0.3, -0.25) is 9.97 Å². The van der Waals surface area contributed by atoms with Crippen LogP contribution in [-0.4, -0.2) is 9.97 Å². The molecule has 0 radical (unpaired) electrons. The molecule has 4 rings (SSSR count). The molecular weight excluding hydrogens is 306 g/mol. The Morgan fingerprint density at radius 3 is 2.91 bits per heavy atom. The number of aromatic nitrogens is 2. The fraction of sp³-hybridized carbons (Fsp3) is 0.263. The van der Waals surface area contributed by atoms with Crippen molar-refractivity contribution in [2.45, 2.75) is 32.2 Å². The minimum absolute atomic E-state index is 0.750. The van der Waals surface area contributed by atoms with Crippen molar-refractivity contribution in [2.24, 2.45) is 0 Å². The lowest BCUT2D eigenvalue weighted by molar-refractivity contribution is 0.672. The van der Waals surface area contributed by atoms with Crippen LogP contribution in [0.1, 0.15) is 29.7 Å². The fourth-order valence-electron chi connectivity index (χ4n) is 3.29. The average Bonchev–Trinajstić information content (AvgIpc) is 2.60. The van der Waals surface area contributed by atoms with Crippen LogP contribution in [-0.2, 0) is 19.4 Å². The molecular formula is C19H18ClN3. The SMILES string of the molecule is Clc1ccc2nc3c(c(NCc4cccnc4)c2c1)CCCC3. The van der Waals surface area contributed by atoms with E-state index in [4.69, 9.17) is 16.6 Å². The molecule has 0 saturated heterocycles. The predicted molar refractivity (Wildman–Crippen MR) is 95.0 cm³/mol. The average molecular weight is 324 g/mol. The molecule has 3 aromatic rings. The van der Waals surface area contributed by atoms with Gasteiger partial charge in [-0.2, -0.15) is 0 Å². The van der Waals surface area contributed by atoms with Crippen LogP contribution in [0.25, 0.3) is 10.9 Å². The maximum Gasteiger partial charge on any atom is 0.0727 e. The van der Waals surface area contributed by atoms with Gasteiger partial charge >= 0.3 is 0 Å². The molecule has 1 N–H and O–H groups in total. The van der Waals surface area contributed by atoms with Crippen LogP contribution in [0, 0.1) is 0 Å². The smallest absolute Gasteiger partial charge is 0.0727 e. The Morgan fingerprint density at radius 1 is 1.13 bits per heavy atom. The first-order chi connectivity index (χ1) is 11.3. The van der Waals surface area contributed by atoms with Gasteiger partial charge in [0, 0.05) is 40.7 Å². The molecule has 0 bridgehead atoms. The Kier molecular flexibility index (Phi) is 3.88. The molecule has 2 aromatic heterocycles. The Bertz CT molecular complexity index is 846. The zero-order chi connectivity index (χ0) is 15.6. The van der Waals surface area contributed by atoms with E-state index in [1.807, 2.05) is 30.5 Å². The third kappa shape index (κ3) is 2.89. The molecule has 0 aliphatic heterocycles. The largest absolute Gasteiger partial charge is 0.380 e. The van der Waals surface area contributed by atoms with Crippen LogP contribution in [0.5, 0.6) is 0 Å². The van der Waals surface area contributed by atoms with Crippen molar-refractivity contribution in [1.82, 2.24) is 9.97 Å². The highest BCUT2D eigenvalue weighted by Crippen LogP contribution is 2.34. The van der Waals surface area contributed by atoms with Gasteiger partial charge in [-0.05, 0) is 61.1 Å². The lowest BCUT2D eigenvalue weighted by Crippen LogP contribution is -2.11. The van der Waals surface area contributed by atoms with E-state index in [-0.39, 0.29) is 0 Å². The summed E-state index contributed by atoms with van der Waals surface area (Å²) in [6, 6.07) is 10.00. The quantitative estimate of drug-likeness (QED) is 0.754. The van der Waals surface area contributed by atoms with E-state index < -0.39 is 0 Å². The molecule has 116 valence electrons. The second kappa shape index (κ2) is 6.17. The Morgan fingerprint density at radius 2 is 2.04 bits per heavy atom. The number of hydrogen-bond donors (Lipinski definition) is 1. The van der Waals surface area contributed by atoms with E-state index in [2.05, 4.69) is 16.4 Å². The summed E-state index contributed by atoms with van der Waals surface area (Å²) in [6.45, 7) is 0.756. The van der Waals surface area contributed by atoms with E-state index >= 15 is 0 Å². The predicted octanol–water partition coefficient (Wildman–Crippen LogP) is 4.77. The molecule has 2 heterocycles. The second-order valence-electron chi connectivity index (χ2n) is 6.00. The Labute approximate surface area is 140 Å². The van der Waals surface area contributed by atoms with Crippen molar-refractivity contribution in [3.05, 3.63) is 64.6 Å². The number of pyridine rings is 2. The van der Waals surface area contributed by atoms with Crippen molar-refractivity contribution >= 4 is 28.2 Å². The molecule has 0 saturated carbocycles. The zero-order valence-corrected chi connectivity index (χ0v) is 13.6. The Hall–Kier alpha value is -2.13. The normalized spacial score (nSPS) is 13.8. The monoisotopic (exact) mass is 323 g/mol. The van der Waals surface area contributed by atoms with E-state index in [1.54, 1.807) is 6.20 Å². The van der Waals surface area contributed by atoms with Crippen LogP contribution in [0.15, 0.2) is 42.7 Å². The third-order valence-electron chi connectivity index (χ3n) is 4.42. The van der Waals surface area contributed by atoms with E-state index in [0.29, 0.717) is 0 Å². The van der Waals surface area contributed by atoms with Gasteiger partial charge in [0.25, 0.3) is 0 Å². The maximum atomic E-state index is 6.23. The van der Waals surface area contributed by atoms with Crippen molar-refractivity contribution in [1.29, 1.82) is 0 Å². The highest BCUT2D eigenvalue weighted by Gasteiger charge is 2.18. The van der Waals surface area contributed by atoms with Gasteiger partial charge in [0.05, 0.1) is 5.52 Å². The Balaban J connectivity index is 1.80. The van der Waals surface area contributed by atoms with Crippen LogP contribution in [0.2, 0.25) is 5.02 Å². The lowest BCUT2D eigenvalue weighted by Gasteiger charge is -2.22. The number of rotatable bonds is 3. The summed E-state index contributed by atoms with van der Waals surface area (Å²) < 4.78 is 0. The van der Waals surface area contributed by atoms with E-state index in [1.165, 1.54) is 35.3 Å². The molecule has 1 aliphatic rings. The molecule has 23 heavy (non-hydrogen) atoms. The number of halogens is 1. The molecule has 1 aromatic carbocycles. The van der Waals surface area contributed by atoms with E-state index in [9.17, 15) is 0 Å². The highest BCUT2D eigenvalue weighted by atomic mass is 35.5. The fourth-order valence-corrected chi connectivity index (χ4v) is 3.46. The van der Waals surface area contributed by atoms with Gasteiger partial charge in [0.15, 0.2) is 0 Å². The molecule has 0 unspecified atom stereocenters. The first-order valence-electron chi connectivity index (χ1n) is 8.05. The van der Waals surface area contributed by atoms with Crippen LogP contribution in [0.3, 0.4) is 0 Å². The van der Waals surface area contributed by atoms with Crippen molar-refractivity contribution in [2.75, 3.05) is 5.32 Å². The zero-order valence-electron chi connectivity index (χ0n) is 12.8. The van der Waals surface area contributed by atoms with Gasteiger partial charge in [-0.15, -0.1) is 0 Å². The van der Waals surface area contributed by atoms with E-state index in [0.717, 1.165) is 35.3 Å². The maximum absolute atomic E-state index is 6.23. The third-order valence-corrected chi connectivity index (χ3v) is 4.65. The number of fused-ring (bicyclic) bond motifs is 2. The van der Waals surface area contributed by atoms with Gasteiger partial charge in [-0.1, -0.05) is 17.7 Å². The number of anilines is 1. The molecule has 0 atom stereocenters. The molecule has 0 amide bonds. The topological polar surface area (TPSA) is 37.8 Å². The summed E-state index contributed by atoms with van der Waals surface area (Å²) in [5.41, 5.74) is 5.97. The van der Waals surface area contributed by atoms with Gasteiger partial charge in [0.1, 0.15) is 0 Å². The summed E-state index contributed by atoms with van der Waals surface area (Å²) in [5.74, 6) is 0. The number of nitrogens with zero attached hydrogens (tertiary/aromatic N) is 2. The highest BCUT2D eigenvalue weighted by molar-refractivity contribution is 6.31. The molecule has 1 aliphatic carbocycles. The summed E-state index contributed by atoms with van der Waals surface area (Å²) in [6.07, 6.45) is 8.29. The standard InChI is InChI=1S/C19H18ClN3/c20-14-7-8-18-16(10-14)19(15-5-1-2-6-17(15)23-18)22-12-13-4-3-9-21-11-13/h3-4,7-11H,1-2,5-6,12H2,(H,22,23). The molecule has 0 spiro atoms. The number of hydrogen-bond acceptors (Lipinski definition) is 3. The number of aryl methyl sites for hydroxylation is 1. The van der Waals surface area contributed by atoms with Crippen molar-refractivity contribution in [3.8, 4) is 0 Å². The number of nitrogens with one attached hydrogen (secondary N) is 1. The van der Waals surface area contributed by atoms with Crippen LogP contribution >= 0.6 is 11.6 Å². The van der Waals surface area contributed by atoms with Crippen molar-refractivity contribution in [3.63, 3.8) is 0 Å². The van der Waals surface area contributed by atoms with Gasteiger partial charge in [0.2, 0.25) is 0 Å². The summed E-state index contributed by atoms with van der Waals surface area (Å²) in [5, 5.41) is 5.48. The minimum Gasteiger partial charge on any atom is -0.380 e. The van der Waals surface area contributed by atoms with Gasteiger partial charge in [-0.25, -0.2) is 0 Å². The molecule has 3 nitrogen and oxygen atoms in total. The second-order valence-corrected chi connectivity index (χ2v) is 6.43. The summed E-state index contributed by atoms with van der Waals surface area (Å²) >= 11 is 6.23. The lowest BCUT2D eigenvalue weighted by atomic mass is 9.92.